The molecule has 0 radical (unpaired) electrons. The van der Waals surface area contributed by atoms with E-state index in [4.69, 9.17) is 9.84 Å². The Labute approximate surface area is 161 Å². The first kappa shape index (κ1) is 20.9. The first-order valence-corrected chi connectivity index (χ1v) is 9.99. The van der Waals surface area contributed by atoms with E-state index in [0.29, 0.717) is 0 Å². The number of nitrogens with zero attached hydrogens (tertiary/aromatic N) is 2. The van der Waals surface area contributed by atoms with Crippen molar-refractivity contribution in [3.8, 4) is 16.9 Å². The molecule has 0 unspecified atom stereocenters. The Morgan fingerprint density at radius 2 is 1.41 bits per heavy atom. The molecule has 0 fully saturated rings. The number of carbonyl (C=O) groups is 1. The molecule has 0 aliphatic carbocycles. The van der Waals surface area contributed by atoms with Gasteiger partial charge >= 0.3 is 5.97 Å². The van der Waals surface area contributed by atoms with E-state index in [-0.39, 0.29) is 5.82 Å². The van der Waals surface area contributed by atoms with E-state index in [9.17, 15) is 4.79 Å². The van der Waals surface area contributed by atoms with Crippen LogP contribution in [0.25, 0.3) is 11.1 Å². The Morgan fingerprint density at radius 3 is 1.96 bits per heavy atom. The van der Waals surface area contributed by atoms with E-state index in [1.54, 1.807) is 0 Å². The van der Waals surface area contributed by atoms with Crippen LogP contribution >= 0.6 is 0 Å². The highest BCUT2D eigenvalue weighted by atomic mass is 16.5. The van der Waals surface area contributed by atoms with Crippen LogP contribution in [0.2, 0.25) is 0 Å². The monoisotopic (exact) mass is 370 g/mol. The molecule has 1 aromatic heterocycles. The summed E-state index contributed by atoms with van der Waals surface area (Å²) in [6.45, 7) is 2.99. The molecule has 0 aliphatic heterocycles. The van der Waals surface area contributed by atoms with Crippen molar-refractivity contribution in [3.05, 3.63) is 42.5 Å². The number of hydrogen-bond donors (Lipinski definition) is 1. The average molecular weight is 370 g/mol. The number of aromatic nitrogens is 2. The van der Waals surface area contributed by atoms with Gasteiger partial charge in [0.15, 0.2) is 0 Å². The average Bonchev–Trinajstić information content (AvgIpc) is 2.70. The topological polar surface area (TPSA) is 72.3 Å². The number of carboxylic acids is 1. The molecule has 0 bridgehead atoms. The van der Waals surface area contributed by atoms with Crippen LogP contribution in [-0.2, 0) is 0 Å². The molecule has 2 aromatic rings. The molecule has 1 heterocycles. The fraction of sp³-hybridized carbons (Fsp3) is 0.500. The van der Waals surface area contributed by atoms with Gasteiger partial charge in [-0.2, -0.15) is 0 Å². The summed E-state index contributed by atoms with van der Waals surface area (Å²) in [5.41, 5.74) is 1.72. The molecule has 0 atom stereocenters. The number of hydrogen-bond acceptors (Lipinski definition) is 4. The lowest BCUT2D eigenvalue weighted by atomic mass is 10.1. The molecule has 0 saturated heterocycles. The fourth-order valence-electron chi connectivity index (χ4n) is 2.93. The van der Waals surface area contributed by atoms with Gasteiger partial charge in [0.1, 0.15) is 5.75 Å². The maximum Gasteiger partial charge on any atom is 0.373 e. The van der Waals surface area contributed by atoms with E-state index in [0.717, 1.165) is 29.9 Å². The maximum absolute atomic E-state index is 10.8. The first-order chi connectivity index (χ1) is 13.2. The highest BCUT2D eigenvalue weighted by molar-refractivity contribution is 5.83. The summed E-state index contributed by atoms with van der Waals surface area (Å²) < 4.78 is 5.80. The molecule has 27 heavy (non-hydrogen) atoms. The normalized spacial score (nSPS) is 10.7. The van der Waals surface area contributed by atoms with Gasteiger partial charge in [0, 0.05) is 18.0 Å². The van der Waals surface area contributed by atoms with Gasteiger partial charge in [-0.3, -0.25) is 0 Å². The van der Waals surface area contributed by atoms with Gasteiger partial charge in [-0.1, -0.05) is 70.4 Å². The second-order valence-electron chi connectivity index (χ2n) is 6.80. The molecule has 5 nitrogen and oxygen atoms in total. The number of benzene rings is 1. The lowest BCUT2D eigenvalue weighted by Crippen LogP contribution is -2.03. The third kappa shape index (κ3) is 7.77. The lowest BCUT2D eigenvalue weighted by molar-refractivity contribution is 0.0683. The van der Waals surface area contributed by atoms with Gasteiger partial charge in [-0.05, 0) is 24.1 Å². The van der Waals surface area contributed by atoms with Gasteiger partial charge < -0.3 is 9.84 Å². The van der Waals surface area contributed by atoms with Crippen LogP contribution in [0.4, 0.5) is 0 Å². The summed E-state index contributed by atoms with van der Waals surface area (Å²) >= 11 is 0. The van der Waals surface area contributed by atoms with Crippen molar-refractivity contribution in [3.63, 3.8) is 0 Å². The minimum atomic E-state index is -1.12. The minimum Gasteiger partial charge on any atom is -0.494 e. The van der Waals surface area contributed by atoms with Crippen LogP contribution in [0.1, 0.15) is 75.3 Å². The van der Waals surface area contributed by atoms with Crippen molar-refractivity contribution < 1.29 is 14.6 Å². The number of unbranched alkanes of at least 4 members (excludes halogenated alkanes) is 8. The standard InChI is InChI=1S/C22H30N2O3/c1-2-3-4-5-6-7-8-9-10-15-27-20-13-11-18(12-14-20)19-16-23-21(22(25)26)24-17-19/h11-14,16-17H,2-10,15H2,1H3,(H,25,26). The molecule has 1 N–H and O–H groups in total. The molecule has 5 heteroatoms. The predicted octanol–water partition coefficient (Wildman–Crippen LogP) is 5.75. The second kappa shape index (κ2) is 12.0. The van der Waals surface area contributed by atoms with Crippen LogP contribution < -0.4 is 4.74 Å². The van der Waals surface area contributed by atoms with E-state index in [1.165, 1.54) is 63.8 Å². The summed E-state index contributed by atoms with van der Waals surface area (Å²) in [7, 11) is 0. The van der Waals surface area contributed by atoms with Crippen molar-refractivity contribution in [1.29, 1.82) is 0 Å². The molecule has 0 spiro atoms. The summed E-state index contributed by atoms with van der Waals surface area (Å²) in [5, 5.41) is 8.84. The molecule has 0 amide bonds. The molecule has 2 rings (SSSR count). The maximum atomic E-state index is 10.8. The van der Waals surface area contributed by atoms with Crippen molar-refractivity contribution in [2.45, 2.75) is 64.7 Å². The van der Waals surface area contributed by atoms with Crippen molar-refractivity contribution >= 4 is 5.97 Å². The number of ether oxygens (including phenoxy) is 1. The Hall–Kier alpha value is -2.43. The van der Waals surface area contributed by atoms with E-state index in [1.807, 2.05) is 24.3 Å². The Balaban J connectivity index is 1.63. The highest BCUT2D eigenvalue weighted by Gasteiger charge is 2.06. The van der Waals surface area contributed by atoms with Crippen molar-refractivity contribution in [2.75, 3.05) is 6.61 Å². The summed E-state index contributed by atoms with van der Waals surface area (Å²) in [6, 6.07) is 7.72. The second-order valence-corrected chi connectivity index (χ2v) is 6.80. The highest BCUT2D eigenvalue weighted by Crippen LogP contribution is 2.21. The van der Waals surface area contributed by atoms with Gasteiger partial charge in [-0.25, -0.2) is 14.8 Å². The molecule has 0 aliphatic rings. The van der Waals surface area contributed by atoms with E-state index >= 15 is 0 Å². The lowest BCUT2D eigenvalue weighted by Gasteiger charge is -2.07. The molecule has 146 valence electrons. The quantitative estimate of drug-likeness (QED) is 0.454. The molecule has 0 saturated carbocycles. The van der Waals surface area contributed by atoms with Crippen LogP contribution in [-0.4, -0.2) is 27.7 Å². The van der Waals surface area contributed by atoms with E-state index in [2.05, 4.69) is 16.9 Å². The minimum absolute atomic E-state index is 0.195. The zero-order valence-electron chi connectivity index (χ0n) is 16.2. The van der Waals surface area contributed by atoms with Crippen LogP contribution in [0.5, 0.6) is 5.75 Å². The largest absolute Gasteiger partial charge is 0.494 e. The Kier molecular flexibility index (Phi) is 9.31. The zero-order valence-corrected chi connectivity index (χ0v) is 16.2. The third-order valence-electron chi connectivity index (χ3n) is 4.55. The number of carboxylic acid groups (broad SMARTS) is 1. The molecule has 1 aromatic carbocycles. The summed E-state index contributed by atoms with van der Waals surface area (Å²) in [6.07, 6.45) is 14.8. The third-order valence-corrected chi connectivity index (χ3v) is 4.55. The van der Waals surface area contributed by atoms with Crippen LogP contribution in [0.3, 0.4) is 0 Å². The van der Waals surface area contributed by atoms with Gasteiger partial charge in [0.2, 0.25) is 5.82 Å². The first-order valence-electron chi connectivity index (χ1n) is 9.99. The van der Waals surface area contributed by atoms with Gasteiger partial charge in [0.25, 0.3) is 0 Å². The van der Waals surface area contributed by atoms with E-state index < -0.39 is 5.97 Å². The predicted molar refractivity (Wildman–Crippen MR) is 107 cm³/mol. The number of rotatable bonds is 13. The van der Waals surface area contributed by atoms with Crippen LogP contribution in [0.15, 0.2) is 36.7 Å². The van der Waals surface area contributed by atoms with Crippen LogP contribution in [0, 0.1) is 0 Å². The molecular formula is C22H30N2O3. The van der Waals surface area contributed by atoms with Gasteiger partial charge in [0.05, 0.1) is 6.61 Å². The Bertz CT molecular complexity index is 669. The van der Waals surface area contributed by atoms with Crippen molar-refractivity contribution in [1.82, 2.24) is 9.97 Å². The summed E-state index contributed by atoms with van der Waals surface area (Å²) in [5.74, 6) is -0.470. The summed E-state index contributed by atoms with van der Waals surface area (Å²) in [4.78, 5) is 18.5. The van der Waals surface area contributed by atoms with Crippen molar-refractivity contribution in [2.24, 2.45) is 0 Å². The van der Waals surface area contributed by atoms with Gasteiger partial charge in [-0.15, -0.1) is 0 Å². The SMILES string of the molecule is CCCCCCCCCCCOc1ccc(-c2cnc(C(=O)O)nc2)cc1. The molecular weight excluding hydrogens is 340 g/mol. The fourth-order valence-corrected chi connectivity index (χ4v) is 2.93. The zero-order chi connectivity index (χ0) is 19.3. The Morgan fingerprint density at radius 1 is 0.852 bits per heavy atom. The smallest absolute Gasteiger partial charge is 0.373 e. The number of aromatic carboxylic acids is 1.